The van der Waals surface area contributed by atoms with Gasteiger partial charge in [-0.2, -0.15) is 0 Å². The number of ether oxygens (including phenoxy) is 1. The molecule has 0 aliphatic carbocycles. The maximum Gasteiger partial charge on any atom is 0.338 e. The number of benzene rings is 2. The zero-order valence-corrected chi connectivity index (χ0v) is 13.1. The predicted molar refractivity (Wildman–Crippen MR) is 87.5 cm³/mol. The van der Waals surface area contributed by atoms with Gasteiger partial charge in [-0.15, -0.1) is 0 Å². The lowest BCUT2D eigenvalue weighted by Crippen LogP contribution is -2.40. The van der Waals surface area contributed by atoms with Crippen LogP contribution in [0.5, 0.6) is 5.75 Å². The van der Waals surface area contributed by atoms with Gasteiger partial charge in [0, 0.05) is 12.2 Å². The molecule has 2 aromatic carbocycles. The zero-order valence-electron chi connectivity index (χ0n) is 13.1. The number of nitrogens with zero attached hydrogens (tertiary/aromatic N) is 1. The fraction of sp³-hybridized carbons (Fsp3) is 0.222. The number of amides is 1. The van der Waals surface area contributed by atoms with Crippen LogP contribution < -0.4 is 4.90 Å². The first-order valence-electron chi connectivity index (χ1n) is 7.39. The van der Waals surface area contributed by atoms with Crippen molar-refractivity contribution in [2.24, 2.45) is 0 Å². The maximum absolute atomic E-state index is 12.5. The van der Waals surface area contributed by atoms with Gasteiger partial charge in [0.15, 0.2) is 6.10 Å². The number of phenols is 1. The Balaban J connectivity index is 2.06. The van der Waals surface area contributed by atoms with Crippen LogP contribution in [-0.4, -0.2) is 29.6 Å². The molecular formula is C18H19NO4. The average Bonchev–Trinajstić information content (AvgIpc) is 2.57. The molecule has 23 heavy (non-hydrogen) atoms. The van der Waals surface area contributed by atoms with Gasteiger partial charge in [0.05, 0.1) is 5.56 Å². The lowest BCUT2D eigenvalue weighted by molar-refractivity contribution is -0.126. The summed E-state index contributed by atoms with van der Waals surface area (Å²) in [6, 6.07) is 14.9. The molecule has 1 N–H and O–H groups in total. The molecule has 1 atom stereocenters. The molecule has 0 spiro atoms. The van der Waals surface area contributed by atoms with E-state index in [9.17, 15) is 14.7 Å². The van der Waals surface area contributed by atoms with Crippen molar-refractivity contribution in [3.63, 3.8) is 0 Å². The number of hydrogen-bond donors (Lipinski definition) is 1. The second kappa shape index (κ2) is 7.45. The van der Waals surface area contributed by atoms with Gasteiger partial charge >= 0.3 is 5.97 Å². The van der Waals surface area contributed by atoms with E-state index in [0.29, 0.717) is 6.54 Å². The van der Waals surface area contributed by atoms with Crippen LogP contribution in [0.25, 0.3) is 0 Å². The number of rotatable bonds is 5. The van der Waals surface area contributed by atoms with E-state index >= 15 is 0 Å². The van der Waals surface area contributed by atoms with Crippen LogP contribution in [0.3, 0.4) is 0 Å². The molecule has 0 fully saturated rings. The number of aromatic hydroxyl groups is 1. The smallest absolute Gasteiger partial charge is 0.338 e. The Bertz CT molecular complexity index is 667. The third kappa shape index (κ3) is 4.10. The standard InChI is InChI=1S/C18H19NO4/c1-3-19(15-7-5-4-6-8-15)17(21)13(2)23-18(22)14-9-11-16(20)12-10-14/h4-13,20H,3H2,1-2H3. The van der Waals surface area contributed by atoms with Crippen LogP contribution in [0.15, 0.2) is 54.6 Å². The number of carbonyl (C=O) groups excluding carboxylic acids is 2. The van der Waals surface area contributed by atoms with Gasteiger partial charge in [-0.05, 0) is 50.2 Å². The van der Waals surface area contributed by atoms with Gasteiger partial charge in [-0.1, -0.05) is 18.2 Å². The van der Waals surface area contributed by atoms with E-state index in [1.807, 2.05) is 37.3 Å². The monoisotopic (exact) mass is 313 g/mol. The molecule has 5 nitrogen and oxygen atoms in total. The average molecular weight is 313 g/mol. The van der Waals surface area contributed by atoms with Crippen molar-refractivity contribution in [1.82, 2.24) is 0 Å². The Hall–Kier alpha value is -2.82. The third-order valence-electron chi connectivity index (χ3n) is 3.38. The van der Waals surface area contributed by atoms with Crippen molar-refractivity contribution in [3.8, 4) is 5.75 Å². The first kappa shape index (κ1) is 16.5. The molecule has 2 rings (SSSR count). The minimum absolute atomic E-state index is 0.0620. The van der Waals surface area contributed by atoms with Crippen LogP contribution in [0.2, 0.25) is 0 Å². The molecule has 0 aliphatic rings. The van der Waals surface area contributed by atoms with Crippen molar-refractivity contribution in [3.05, 3.63) is 60.2 Å². The molecule has 5 heteroatoms. The van der Waals surface area contributed by atoms with Crippen LogP contribution >= 0.6 is 0 Å². The summed E-state index contributed by atoms with van der Waals surface area (Å²) in [5.41, 5.74) is 1.04. The molecule has 0 heterocycles. The van der Waals surface area contributed by atoms with Crippen molar-refractivity contribution in [2.75, 3.05) is 11.4 Å². The summed E-state index contributed by atoms with van der Waals surface area (Å²) < 4.78 is 5.23. The normalized spacial score (nSPS) is 11.6. The lowest BCUT2D eigenvalue weighted by atomic mass is 10.2. The molecule has 0 saturated carbocycles. The maximum atomic E-state index is 12.5. The Morgan fingerprint density at radius 1 is 1.09 bits per heavy atom. The Labute approximate surface area is 135 Å². The lowest BCUT2D eigenvalue weighted by Gasteiger charge is -2.24. The molecule has 0 radical (unpaired) electrons. The van der Waals surface area contributed by atoms with Crippen molar-refractivity contribution in [1.29, 1.82) is 0 Å². The quantitative estimate of drug-likeness (QED) is 0.862. The van der Waals surface area contributed by atoms with E-state index < -0.39 is 12.1 Å². The van der Waals surface area contributed by atoms with E-state index in [2.05, 4.69) is 0 Å². The van der Waals surface area contributed by atoms with Crippen molar-refractivity contribution < 1.29 is 19.4 Å². The van der Waals surface area contributed by atoms with Crippen LogP contribution in [0.4, 0.5) is 5.69 Å². The molecule has 0 bridgehead atoms. The first-order chi connectivity index (χ1) is 11.0. The molecule has 0 saturated heterocycles. The number of likely N-dealkylation sites (N-methyl/N-ethyl adjacent to an activating group) is 1. The molecule has 1 unspecified atom stereocenters. The van der Waals surface area contributed by atoms with Crippen LogP contribution in [-0.2, 0) is 9.53 Å². The summed E-state index contributed by atoms with van der Waals surface area (Å²) in [6.45, 7) is 3.88. The molecule has 2 aromatic rings. The largest absolute Gasteiger partial charge is 0.508 e. The van der Waals surface area contributed by atoms with Gasteiger partial charge in [0.2, 0.25) is 0 Å². The number of hydrogen-bond acceptors (Lipinski definition) is 4. The topological polar surface area (TPSA) is 66.8 Å². The summed E-state index contributed by atoms with van der Waals surface area (Å²) in [6.07, 6.45) is -0.906. The number of carbonyl (C=O) groups is 2. The summed E-state index contributed by atoms with van der Waals surface area (Å²) in [5, 5.41) is 9.23. The highest BCUT2D eigenvalue weighted by atomic mass is 16.5. The minimum atomic E-state index is -0.906. The highest BCUT2D eigenvalue weighted by molar-refractivity contribution is 5.99. The van der Waals surface area contributed by atoms with Gasteiger partial charge in [0.1, 0.15) is 5.75 Å². The van der Waals surface area contributed by atoms with Crippen LogP contribution in [0.1, 0.15) is 24.2 Å². The Morgan fingerprint density at radius 3 is 2.26 bits per heavy atom. The van der Waals surface area contributed by atoms with Crippen molar-refractivity contribution >= 4 is 17.6 Å². The number of phenolic OH excluding ortho intramolecular Hbond substituents is 1. The highest BCUT2D eigenvalue weighted by Gasteiger charge is 2.24. The molecular weight excluding hydrogens is 294 g/mol. The van der Waals surface area contributed by atoms with E-state index in [4.69, 9.17) is 4.74 Å². The summed E-state index contributed by atoms with van der Waals surface area (Å²) in [4.78, 5) is 26.1. The summed E-state index contributed by atoms with van der Waals surface area (Å²) in [5.74, 6) is -0.826. The van der Waals surface area contributed by atoms with Crippen molar-refractivity contribution in [2.45, 2.75) is 20.0 Å². The summed E-state index contributed by atoms with van der Waals surface area (Å²) >= 11 is 0. The molecule has 120 valence electrons. The number of para-hydroxylation sites is 1. The third-order valence-corrected chi connectivity index (χ3v) is 3.38. The second-order valence-electron chi connectivity index (χ2n) is 5.01. The van der Waals surface area contributed by atoms with Gasteiger partial charge in [0.25, 0.3) is 5.91 Å². The number of esters is 1. The molecule has 0 aromatic heterocycles. The second-order valence-corrected chi connectivity index (χ2v) is 5.01. The van der Waals surface area contributed by atoms with E-state index in [-0.39, 0.29) is 17.2 Å². The zero-order chi connectivity index (χ0) is 16.8. The van der Waals surface area contributed by atoms with Gasteiger partial charge in [-0.25, -0.2) is 4.79 Å². The fourth-order valence-corrected chi connectivity index (χ4v) is 2.17. The first-order valence-corrected chi connectivity index (χ1v) is 7.39. The molecule has 1 amide bonds. The van der Waals surface area contributed by atoms with E-state index in [0.717, 1.165) is 5.69 Å². The van der Waals surface area contributed by atoms with E-state index in [1.54, 1.807) is 11.8 Å². The fourth-order valence-electron chi connectivity index (χ4n) is 2.17. The number of anilines is 1. The van der Waals surface area contributed by atoms with Gasteiger partial charge < -0.3 is 14.7 Å². The Morgan fingerprint density at radius 2 is 1.70 bits per heavy atom. The SMILES string of the molecule is CCN(C(=O)C(C)OC(=O)c1ccc(O)cc1)c1ccccc1. The van der Waals surface area contributed by atoms with Crippen LogP contribution in [0, 0.1) is 0 Å². The predicted octanol–water partition coefficient (Wildman–Crippen LogP) is 2.99. The summed E-state index contributed by atoms with van der Waals surface area (Å²) in [7, 11) is 0. The Kier molecular flexibility index (Phi) is 5.36. The van der Waals surface area contributed by atoms with E-state index in [1.165, 1.54) is 24.3 Å². The highest BCUT2D eigenvalue weighted by Crippen LogP contribution is 2.16. The van der Waals surface area contributed by atoms with Gasteiger partial charge in [-0.3, -0.25) is 4.79 Å². The minimum Gasteiger partial charge on any atom is -0.508 e. The molecule has 0 aliphatic heterocycles.